The molecule has 0 atom stereocenters. The van der Waals surface area contributed by atoms with Gasteiger partial charge in [0.15, 0.2) is 0 Å². The van der Waals surface area contributed by atoms with Crippen molar-refractivity contribution in [1.82, 2.24) is 4.57 Å². The van der Waals surface area contributed by atoms with E-state index in [1.165, 1.54) is 6.42 Å². The highest BCUT2D eigenvalue weighted by Gasteiger charge is 2.26. The Balaban J connectivity index is 1.95. The van der Waals surface area contributed by atoms with E-state index in [0.29, 0.717) is 5.82 Å². The van der Waals surface area contributed by atoms with Crippen molar-refractivity contribution in [3.05, 3.63) is 18.3 Å². The maximum atomic E-state index is 11.9. The van der Waals surface area contributed by atoms with E-state index in [9.17, 15) is 9.59 Å². The van der Waals surface area contributed by atoms with Crippen molar-refractivity contribution < 1.29 is 9.59 Å². The summed E-state index contributed by atoms with van der Waals surface area (Å²) in [6.07, 6.45) is 6.87. The van der Waals surface area contributed by atoms with Crippen LogP contribution in [0.2, 0.25) is 0 Å². The number of amides is 1. The van der Waals surface area contributed by atoms with Gasteiger partial charge >= 0.3 is 0 Å². The molecule has 0 radical (unpaired) electrons. The zero-order chi connectivity index (χ0) is 12.3. The molecule has 17 heavy (non-hydrogen) atoms. The van der Waals surface area contributed by atoms with E-state index in [-0.39, 0.29) is 11.7 Å². The lowest BCUT2D eigenvalue weighted by Gasteiger charge is -2.19. The van der Waals surface area contributed by atoms with Gasteiger partial charge in [0.25, 0.3) is 5.91 Å². The molecule has 0 aromatic carbocycles. The molecule has 1 fully saturated rings. The van der Waals surface area contributed by atoms with Crippen LogP contribution in [0.15, 0.2) is 18.3 Å². The van der Waals surface area contributed by atoms with Gasteiger partial charge in [-0.3, -0.25) is 9.59 Å². The van der Waals surface area contributed by atoms with Crippen molar-refractivity contribution in [2.75, 3.05) is 5.32 Å². The average Bonchev–Trinajstić information content (AvgIpc) is 2.75. The third-order valence-electron chi connectivity index (χ3n) is 3.39. The maximum absolute atomic E-state index is 11.9. The number of carbonyl (C=O) groups is 2. The summed E-state index contributed by atoms with van der Waals surface area (Å²) in [6.45, 7) is 0. The lowest BCUT2D eigenvalue weighted by atomic mass is 9.86. The van der Waals surface area contributed by atoms with Gasteiger partial charge in [0, 0.05) is 19.2 Å². The van der Waals surface area contributed by atoms with Crippen LogP contribution in [0.25, 0.3) is 0 Å². The van der Waals surface area contributed by atoms with Crippen LogP contribution in [0.3, 0.4) is 0 Å². The molecule has 4 nitrogen and oxygen atoms in total. The van der Waals surface area contributed by atoms with Crippen molar-refractivity contribution in [2.24, 2.45) is 13.0 Å². The number of aryl methyl sites for hydroxylation is 1. The molecule has 1 saturated carbocycles. The largest absolute Gasteiger partial charge is 0.338 e. The second-order valence-corrected chi connectivity index (χ2v) is 4.66. The van der Waals surface area contributed by atoms with Crippen molar-refractivity contribution in [3.8, 4) is 0 Å². The van der Waals surface area contributed by atoms with E-state index < -0.39 is 5.91 Å². The molecular weight excluding hydrogens is 216 g/mol. The number of rotatable bonds is 3. The first-order valence-electron chi connectivity index (χ1n) is 6.15. The number of anilines is 1. The fourth-order valence-electron chi connectivity index (χ4n) is 2.32. The highest BCUT2D eigenvalue weighted by Crippen LogP contribution is 2.24. The minimum Gasteiger partial charge on any atom is -0.338 e. The summed E-state index contributed by atoms with van der Waals surface area (Å²) in [6, 6.07) is 3.62. The van der Waals surface area contributed by atoms with E-state index in [1.54, 1.807) is 10.6 Å². The number of carbonyl (C=O) groups excluding carboxylic acids is 2. The van der Waals surface area contributed by atoms with Crippen LogP contribution in [0, 0.1) is 5.92 Å². The molecule has 1 aromatic rings. The Morgan fingerprint density at radius 2 is 2.00 bits per heavy atom. The van der Waals surface area contributed by atoms with Crippen LogP contribution >= 0.6 is 0 Å². The van der Waals surface area contributed by atoms with Gasteiger partial charge in [-0.1, -0.05) is 19.3 Å². The molecule has 0 bridgehead atoms. The van der Waals surface area contributed by atoms with Gasteiger partial charge in [0.2, 0.25) is 5.78 Å². The molecule has 0 unspecified atom stereocenters. The van der Waals surface area contributed by atoms with E-state index in [1.807, 2.05) is 19.3 Å². The van der Waals surface area contributed by atoms with Gasteiger partial charge in [-0.05, 0) is 25.0 Å². The van der Waals surface area contributed by atoms with Crippen molar-refractivity contribution >= 4 is 17.5 Å². The number of ketones is 1. The SMILES string of the molecule is Cn1cccc1NC(=O)C(=O)C1CCCCC1. The quantitative estimate of drug-likeness (QED) is 0.814. The van der Waals surface area contributed by atoms with Gasteiger partial charge in [-0.15, -0.1) is 0 Å². The smallest absolute Gasteiger partial charge is 0.293 e. The van der Waals surface area contributed by atoms with Gasteiger partial charge in [-0.2, -0.15) is 0 Å². The molecule has 1 aliphatic carbocycles. The number of nitrogens with zero attached hydrogens (tertiary/aromatic N) is 1. The summed E-state index contributed by atoms with van der Waals surface area (Å²) in [5.74, 6) is -0.132. The lowest BCUT2D eigenvalue weighted by Crippen LogP contribution is -2.31. The van der Waals surface area contributed by atoms with E-state index in [0.717, 1.165) is 25.7 Å². The Morgan fingerprint density at radius 1 is 1.29 bits per heavy atom. The normalized spacial score (nSPS) is 16.8. The van der Waals surface area contributed by atoms with Crippen LogP contribution in [0.4, 0.5) is 5.82 Å². The number of hydrogen-bond acceptors (Lipinski definition) is 2. The molecular formula is C13H18N2O2. The molecule has 0 spiro atoms. The second-order valence-electron chi connectivity index (χ2n) is 4.66. The predicted octanol–water partition coefficient (Wildman–Crippen LogP) is 2.11. The van der Waals surface area contributed by atoms with Gasteiger partial charge in [0.05, 0.1) is 0 Å². The van der Waals surface area contributed by atoms with Gasteiger partial charge < -0.3 is 9.88 Å². The second kappa shape index (κ2) is 5.17. The van der Waals surface area contributed by atoms with Crippen LogP contribution in [0.5, 0.6) is 0 Å². The minimum absolute atomic E-state index is 0.0657. The molecule has 4 heteroatoms. The number of aromatic nitrogens is 1. The molecule has 1 amide bonds. The van der Waals surface area contributed by atoms with Gasteiger partial charge in [0.1, 0.15) is 5.82 Å². The molecule has 92 valence electrons. The van der Waals surface area contributed by atoms with Crippen LogP contribution in [-0.4, -0.2) is 16.3 Å². The third kappa shape index (κ3) is 2.75. The Labute approximate surface area is 101 Å². The Kier molecular flexibility index (Phi) is 3.61. The van der Waals surface area contributed by atoms with Crippen LogP contribution in [-0.2, 0) is 16.6 Å². The molecule has 2 rings (SSSR count). The fourth-order valence-corrected chi connectivity index (χ4v) is 2.32. The lowest BCUT2D eigenvalue weighted by molar-refractivity contribution is -0.137. The van der Waals surface area contributed by atoms with E-state index in [4.69, 9.17) is 0 Å². The first kappa shape index (κ1) is 11.9. The molecule has 1 aliphatic rings. The number of hydrogen-bond donors (Lipinski definition) is 1. The Bertz CT molecular complexity index is 417. The van der Waals surface area contributed by atoms with Crippen LogP contribution in [0.1, 0.15) is 32.1 Å². The first-order valence-corrected chi connectivity index (χ1v) is 6.15. The molecule has 1 N–H and O–H groups in total. The Hall–Kier alpha value is -1.58. The summed E-state index contributed by atoms with van der Waals surface area (Å²) in [5, 5.41) is 2.66. The summed E-state index contributed by atoms with van der Waals surface area (Å²) in [7, 11) is 1.83. The highest BCUT2D eigenvalue weighted by atomic mass is 16.2. The topological polar surface area (TPSA) is 51.1 Å². The summed E-state index contributed by atoms with van der Waals surface area (Å²) < 4.78 is 1.78. The number of nitrogens with one attached hydrogen (secondary N) is 1. The third-order valence-corrected chi connectivity index (χ3v) is 3.39. The number of Topliss-reactive ketones (excluding diaryl/α,β-unsaturated/α-hetero) is 1. The molecule has 1 heterocycles. The Morgan fingerprint density at radius 3 is 2.59 bits per heavy atom. The maximum Gasteiger partial charge on any atom is 0.293 e. The first-order chi connectivity index (χ1) is 8.18. The van der Waals surface area contributed by atoms with Crippen LogP contribution < -0.4 is 5.32 Å². The average molecular weight is 234 g/mol. The molecule has 0 aliphatic heterocycles. The minimum atomic E-state index is -0.473. The summed E-state index contributed by atoms with van der Waals surface area (Å²) in [5.41, 5.74) is 0. The molecule has 1 aromatic heterocycles. The fraction of sp³-hybridized carbons (Fsp3) is 0.538. The van der Waals surface area contributed by atoms with E-state index >= 15 is 0 Å². The van der Waals surface area contributed by atoms with Crippen molar-refractivity contribution in [2.45, 2.75) is 32.1 Å². The summed E-state index contributed by atoms with van der Waals surface area (Å²) >= 11 is 0. The zero-order valence-corrected chi connectivity index (χ0v) is 10.1. The van der Waals surface area contributed by atoms with Crippen molar-refractivity contribution in [1.29, 1.82) is 0 Å². The zero-order valence-electron chi connectivity index (χ0n) is 10.1. The van der Waals surface area contributed by atoms with Crippen molar-refractivity contribution in [3.63, 3.8) is 0 Å². The standard InChI is InChI=1S/C13H18N2O2/c1-15-9-5-8-11(15)14-13(17)12(16)10-6-3-2-4-7-10/h5,8-10H,2-4,6-7H2,1H3,(H,14,17). The van der Waals surface area contributed by atoms with Gasteiger partial charge in [-0.25, -0.2) is 0 Å². The predicted molar refractivity (Wildman–Crippen MR) is 65.6 cm³/mol. The molecule has 0 saturated heterocycles. The highest BCUT2D eigenvalue weighted by molar-refractivity contribution is 6.41. The van der Waals surface area contributed by atoms with E-state index in [2.05, 4.69) is 5.32 Å². The summed E-state index contributed by atoms with van der Waals surface area (Å²) in [4.78, 5) is 23.7. The monoisotopic (exact) mass is 234 g/mol.